The van der Waals surface area contributed by atoms with E-state index in [1.165, 1.54) is 18.6 Å². The molecule has 0 aliphatic carbocycles. The molecule has 1 heterocycles. The Balaban J connectivity index is 2.10. The second-order valence-electron chi connectivity index (χ2n) is 3.76. The normalized spacial score (nSPS) is 10.7. The molecule has 0 aliphatic heterocycles. The minimum absolute atomic E-state index is 0.121. The quantitative estimate of drug-likeness (QED) is 0.433. The zero-order valence-corrected chi connectivity index (χ0v) is 13.8. The molecule has 0 spiro atoms. The standard InChI is InChI=1S/C13H9BrIN3O2/c14-10-5-9(12(19)11(15)6-10)7-17-18-13(20)8-1-3-16-4-2-8/h1-7,19H,(H,18,20). The molecule has 0 unspecified atom stereocenters. The van der Waals surface area contributed by atoms with Crippen molar-refractivity contribution in [2.24, 2.45) is 5.10 Å². The van der Waals surface area contributed by atoms with Gasteiger partial charge in [0.25, 0.3) is 5.91 Å². The molecule has 102 valence electrons. The number of benzene rings is 1. The SMILES string of the molecule is O=C(NN=Cc1cc(Br)cc(I)c1O)c1ccncc1. The minimum Gasteiger partial charge on any atom is -0.506 e. The topological polar surface area (TPSA) is 74.6 Å². The van der Waals surface area contributed by atoms with Crippen LogP contribution in [0.25, 0.3) is 0 Å². The van der Waals surface area contributed by atoms with Gasteiger partial charge in [-0.25, -0.2) is 5.43 Å². The first kappa shape index (κ1) is 14.9. The molecule has 0 fully saturated rings. The van der Waals surface area contributed by atoms with Crippen LogP contribution in [0.3, 0.4) is 0 Å². The highest BCUT2D eigenvalue weighted by molar-refractivity contribution is 14.1. The molecule has 20 heavy (non-hydrogen) atoms. The Hall–Kier alpha value is -1.48. The minimum atomic E-state index is -0.340. The molecule has 0 radical (unpaired) electrons. The summed E-state index contributed by atoms with van der Waals surface area (Å²) >= 11 is 5.35. The van der Waals surface area contributed by atoms with Gasteiger partial charge in [-0.1, -0.05) is 15.9 Å². The summed E-state index contributed by atoms with van der Waals surface area (Å²) in [6, 6.07) is 6.66. The Morgan fingerprint density at radius 1 is 1.40 bits per heavy atom. The van der Waals surface area contributed by atoms with Gasteiger partial charge in [0.05, 0.1) is 9.78 Å². The average molecular weight is 446 g/mol. The van der Waals surface area contributed by atoms with Crippen molar-refractivity contribution in [1.82, 2.24) is 10.4 Å². The monoisotopic (exact) mass is 445 g/mol. The number of aromatic nitrogens is 1. The molecule has 0 saturated heterocycles. The lowest BCUT2D eigenvalue weighted by Gasteiger charge is -2.03. The maximum atomic E-state index is 11.7. The highest BCUT2D eigenvalue weighted by Gasteiger charge is 2.06. The fourth-order valence-electron chi connectivity index (χ4n) is 1.41. The molecule has 2 aromatic rings. The number of phenolic OH excluding ortho intramolecular Hbond substituents is 1. The van der Waals surface area contributed by atoms with E-state index in [9.17, 15) is 9.90 Å². The number of halogens is 2. The lowest BCUT2D eigenvalue weighted by Crippen LogP contribution is -2.17. The molecule has 2 rings (SSSR count). The van der Waals surface area contributed by atoms with E-state index in [0.717, 1.165) is 4.47 Å². The fourth-order valence-corrected chi connectivity index (χ4v) is 2.96. The van der Waals surface area contributed by atoms with Crippen LogP contribution in [0.5, 0.6) is 5.75 Å². The van der Waals surface area contributed by atoms with Gasteiger partial charge in [0.1, 0.15) is 5.75 Å². The molecule has 5 nitrogen and oxygen atoms in total. The predicted molar refractivity (Wildman–Crippen MR) is 87.8 cm³/mol. The van der Waals surface area contributed by atoms with E-state index in [2.05, 4.69) is 31.4 Å². The second kappa shape index (κ2) is 6.80. The Kier molecular flexibility index (Phi) is 5.07. The largest absolute Gasteiger partial charge is 0.506 e. The number of hydrogen-bond acceptors (Lipinski definition) is 4. The Bertz CT molecular complexity index is 662. The number of carbonyl (C=O) groups is 1. The zero-order chi connectivity index (χ0) is 14.5. The molecule has 7 heteroatoms. The van der Waals surface area contributed by atoms with E-state index in [-0.39, 0.29) is 11.7 Å². The summed E-state index contributed by atoms with van der Waals surface area (Å²) in [5.41, 5.74) is 3.36. The Morgan fingerprint density at radius 3 is 2.80 bits per heavy atom. The third-order valence-electron chi connectivity index (χ3n) is 2.37. The summed E-state index contributed by atoms with van der Waals surface area (Å²) in [4.78, 5) is 15.6. The number of hydrogen-bond donors (Lipinski definition) is 2. The summed E-state index contributed by atoms with van der Waals surface area (Å²) in [6.07, 6.45) is 4.45. The number of pyridine rings is 1. The lowest BCUT2D eigenvalue weighted by atomic mass is 10.2. The number of nitrogens with zero attached hydrogens (tertiary/aromatic N) is 2. The first-order chi connectivity index (χ1) is 9.58. The van der Waals surface area contributed by atoms with Crippen LogP contribution in [0.15, 0.2) is 46.2 Å². The van der Waals surface area contributed by atoms with E-state index in [1.54, 1.807) is 24.3 Å². The molecule has 1 aromatic carbocycles. The molecule has 1 aromatic heterocycles. The first-order valence-corrected chi connectivity index (χ1v) is 7.36. The van der Waals surface area contributed by atoms with Crippen LogP contribution in [-0.2, 0) is 0 Å². The van der Waals surface area contributed by atoms with Crippen LogP contribution in [0.2, 0.25) is 0 Å². The van der Waals surface area contributed by atoms with Gasteiger partial charge in [-0.15, -0.1) is 0 Å². The molecular formula is C13H9BrIN3O2. The maximum absolute atomic E-state index is 11.7. The van der Waals surface area contributed by atoms with E-state index in [0.29, 0.717) is 14.7 Å². The molecule has 0 aliphatic rings. The Morgan fingerprint density at radius 2 is 2.10 bits per heavy atom. The van der Waals surface area contributed by atoms with Crippen LogP contribution in [0, 0.1) is 3.57 Å². The van der Waals surface area contributed by atoms with Crippen molar-refractivity contribution >= 4 is 50.6 Å². The highest BCUT2D eigenvalue weighted by Crippen LogP contribution is 2.27. The zero-order valence-electron chi connectivity index (χ0n) is 10.0. The number of nitrogens with one attached hydrogen (secondary N) is 1. The summed E-state index contributed by atoms with van der Waals surface area (Å²) in [6.45, 7) is 0. The van der Waals surface area contributed by atoms with Gasteiger partial charge in [0.15, 0.2) is 0 Å². The number of aromatic hydroxyl groups is 1. The van der Waals surface area contributed by atoms with Crippen LogP contribution >= 0.6 is 38.5 Å². The third kappa shape index (κ3) is 3.76. The second-order valence-corrected chi connectivity index (χ2v) is 5.84. The number of hydrazone groups is 1. The van der Waals surface area contributed by atoms with Crippen molar-refractivity contribution in [3.05, 3.63) is 55.8 Å². The van der Waals surface area contributed by atoms with Crippen LogP contribution in [-0.4, -0.2) is 22.2 Å². The summed E-state index contributed by atoms with van der Waals surface area (Å²) in [5.74, 6) is -0.219. The Labute approximate surface area is 137 Å². The molecular weight excluding hydrogens is 437 g/mol. The van der Waals surface area contributed by atoms with E-state index in [1.807, 2.05) is 22.6 Å². The summed E-state index contributed by atoms with van der Waals surface area (Å²) < 4.78 is 1.51. The van der Waals surface area contributed by atoms with Crippen molar-refractivity contribution in [2.45, 2.75) is 0 Å². The maximum Gasteiger partial charge on any atom is 0.271 e. The molecule has 1 amide bonds. The van der Waals surface area contributed by atoms with Crippen molar-refractivity contribution < 1.29 is 9.90 Å². The molecule has 2 N–H and O–H groups in total. The summed E-state index contributed by atoms with van der Waals surface area (Å²) in [5, 5.41) is 13.7. The number of amides is 1. The van der Waals surface area contributed by atoms with Crippen LogP contribution in [0.1, 0.15) is 15.9 Å². The lowest BCUT2D eigenvalue weighted by molar-refractivity contribution is 0.0955. The number of rotatable bonds is 3. The van der Waals surface area contributed by atoms with Gasteiger partial charge in [0.2, 0.25) is 0 Å². The highest BCUT2D eigenvalue weighted by atomic mass is 127. The number of phenols is 1. The van der Waals surface area contributed by atoms with Crippen LogP contribution in [0.4, 0.5) is 0 Å². The smallest absolute Gasteiger partial charge is 0.271 e. The fraction of sp³-hybridized carbons (Fsp3) is 0. The molecule has 0 atom stereocenters. The molecule has 0 bridgehead atoms. The van der Waals surface area contributed by atoms with Crippen molar-refractivity contribution in [1.29, 1.82) is 0 Å². The van der Waals surface area contributed by atoms with Gasteiger partial charge < -0.3 is 5.11 Å². The van der Waals surface area contributed by atoms with E-state index >= 15 is 0 Å². The van der Waals surface area contributed by atoms with Crippen molar-refractivity contribution in [3.63, 3.8) is 0 Å². The third-order valence-corrected chi connectivity index (χ3v) is 3.65. The van der Waals surface area contributed by atoms with Crippen molar-refractivity contribution in [3.8, 4) is 5.75 Å². The van der Waals surface area contributed by atoms with Gasteiger partial charge >= 0.3 is 0 Å². The molecule has 0 saturated carbocycles. The average Bonchev–Trinajstić information content (AvgIpc) is 2.44. The first-order valence-electron chi connectivity index (χ1n) is 5.49. The van der Waals surface area contributed by atoms with Gasteiger partial charge in [-0.05, 0) is 46.9 Å². The van der Waals surface area contributed by atoms with E-state index < -0.39 is 0 Å². The van der Waals surface area contributed by atoms with Gasteiger partial charge in [0, 0.05) is 28.0 Å². The van der Waals surface area contributed by atoms with Gasteiger partial charge in [-0.2, -0.15) is 5.10 Å². The predicted octanol–water partition coefficient (Wildman–Crippen LogP) is 2.92. The van der Waals surface area contributed by atoms with Crippen molar-refractivity contribution in [2.75, 3.05) is 0 Å². The summed E-state index contributed by atoms with van der Waals surface area (Å²) in [7, 11) is 0. The number of carbonyl (C=O) groups excluding carboxylic acids is 1. The van der Waals surface area contributed by atoms with Crippen LogP contribution < -0.4 is 5.43 Å². The van der Waals surface area contributed by atoms with E-state index in [4.69, 9.17) is 0 Å². The van der Waals surface area contributed by atoms with Gasteiger partial charge in [-0.3, -0.25) is 9.78 Å².